The van der Waals surface area contributed by atoms with E-state index in [1.807, 2.05) is 56.3 Å². The van der Waals surface area contributed by atoms with Gasteiger partial charge in [0.25, 0.3) is 5.91 Å². The number of anilines is 1. The largest absolute Gasteiger partial charge is 0.482 e. The third-order valence-corrected chi connectivity index (χ3v) is 3.86. The summed E-state index contributed by atoms with van der Waals surface area (Å²) in [5.41, 5.74) is 2.69. The molecule has 1 N–H and O–H groups in total. The molecule has 0 aliphatic carbocycles. The minimum atomic E-state index is -0.283. The van der Waals surface area contributed by atoms with Gasteiger partial charge in [-0.2, -0.15) is 5.10 Å². The standard InChI is InChI=1S/C19H18ClN3O2/c1-13-8-9-16(20)17(10-13)25-12-19(24)21-18-11-14(2)22-23(18)15-6-4-3-5-7-15/h3-11H,12H2,1-2H3,(H,21,24). The first-order valence-corrected chi connectivity index (χ1v) is 8.21. The maximum atomic E-state index is 12.3. The number of nitrogens with one attached hydrogen (secondary N) is 1. The maximum Gasteiger partial charge on any atom is 0.263 e. The first kappa shape index (κ1) is 17.0. The van der Waals surface area contributed by atoms with Crippen LogP contribution in [0.4, 0.5) is 5.82 Å². The van der Waals surface area contributed by atoms with Gasteiger partial charge in [-0.3, -0.25) is 4.79 Å². The van der Waals surface area contributed by atoms with Crippen LogP contribution in [0.3, 0.4) is 0 Å². The second-order valence-electron chi connectivity index (χ2n) is 5.69. The van der Waals surface area contributed by atoms with E-state index in [4.69, 9.17) is 16.3 Å². The molecular formula is C19H18ClN3O2. The van der Waals surface area contributed by atoms with Crippen molar-refractivity contribution >= 4 is 23.3 Å². The molecule has 6 heteroatoms. The summed E-state index contributed by atoms with van der Waals surface area (Å²) in [6, 6.07) is 16.8. The minimum Gasteiger partial charge on any atom is -0.482 e. The van der Waals surface area contributed by atoms with Crippen LogP contribution in [0, 0.1) is 13.8 Å². The number of amides is 1. The van der Waals surface area contributed by atoms with Crippen LogP contribution in [0.25, 0.3) is 5.69 Å². The Morgan fingerprint density at radius 2 is 1.92 bits per heavy atom. The minimum absolute atomic E-state index is 0.137. The number of ether oxygens (including phenoxy) is 1. The lowest BCUT2D eigenvalue weighted by Gasteiger charge is -2.11. The number of hydrogen-bond acceptors (Lipinski definition) is 3. The molecule has 0 unspecified atom stereocenters. The molecule has 0 radical (unpaired) electrons. The number of nitrogens with zero attached hydrogens (tertiary/aromatic N) is 2. The molecule has 0 aliphatic rings. The zero-order valence-corrected chi connectivity index (χ0v) is 14.7. The third-order valence-electron chi connectivity index (χ3n) is 3.55. The zero-order valence-electron chi connectivity index (χ0n) is 14.0. The quantitative estimate of drug-likeness (QED) is 0.747. The SMILES string of the molecule is Cc1ccc(Cl)c(OCC(=O)Nc2cc(C)nn2-c2ccccc2)c1. The predicted octanol–water partition coefficient (Wildman–Crippen LogP) is 4.16. The Balaban J connectivity index is 1.70. The number of hydrogen-bond donors (Lipinski definition) is 1. The van der Waals surface area contributed by atoms with Gasteiger partial charge in [-0.05, 0) is 43.7 Å². The Morgan fingerprint density at radius 3 is 2.68 bits per heavy atom. The van der Waals surface area contributed by atoms with E-state index in [0.29, 0.717) is 16.6 Å². The van der Waals surface area contributed by atoms with Crippen LogP contribution in [0.15, 0.2) is 54.6 Å². The normalized spacial score (nSPS) is 10.5. The molecule has 1 heterocycles. The lowest BCUT2D eigenvalue weighted by atomic mass is 10.2. The molecule has 5 nitrogen and oxygen atoms in total. The van der Waals surface area contributed by atoms with Crippen molar-refractivity contribution in [3.63, 3.8) is 0 Å². The summed E-state index contributed by atoms with van der Waals surface area (Å²) < 4.78 is 7.22. The first-order chi connectivity index (χ1) is 12.0. The molecule has 0 atom stereocenters. The first-order valence-electron chi connectivity index (χ1n) is 7.84. The molecule has 0 bridgehead atoms. The molecule has 0 spiro atoms. The Morgan fingerprint density at radius 1 is 1.16 bits per heavy atom. The number of halogens is 1. The molecule has 0 saturated heterocycles. The van der Waals surface area contributed by atoms with E-state index in [2.05, 4.69) is 10.4 Å². The van der Waals surface area contributed by atoms with Crippen LogP contribution in [0.5, 0.6) is 5.75 Å². The average Bonchev–Trinajstić information content (AvgIpc) is 2.96. The summed E-state index contributed by atoms with van der Waals surface area (Å²) in [5, 5.41) is 7.72. The summed E-state index contributed by atoms with van der Waals surface area (Å²) in [6.07, 6.45) is 0. The average molecular weight is 356 g/mol. The van der Waals surface area contributed by atoms with Gasteiger partial charge in [0.2, 0.25) is 0 Å². The highest BCUT2D eigenvalue weighted by Gasteiger charge is 2.12. The fraction of sp³-hybridized carbons (Fsp3) is 0.158. The van der Waals surface area contributed by atoms with Crippen molar-refractivity contribution in [2.75, 3.05) is 11.9 Å². The third kappa shape index (κ3) is 4.19. The predicted molar refractivity (Wildman–Crippen MR) is 98.6 cm³/mol. The van der Waals surface area contributed by atoms with Gasteiger partial charge in [0.1, 0.15) is 11.6 Å². The Kier molecular flexibility index (Phi) is 5.05. The number of benzene rings is 2. The van der Waals surface area contributed by atoms with Crippen LogP contribution < -0.4 is 10.1 Å². The van der Waals surface area contributed by atoms with Crippen LogP contribution in [-0.2, 0) is 4.79 Å². The zero-order chi connectivity index (χ0) is 17.8. The molecule has 128 valence electrons. The van der Waals surface area contributed by atoms with Crippen LogP contribution in [-0.4, -0.2) is 22.3 Å². The molecule has 0 saturated carbocycles. The Bertz CT molecular complexity index is 891. The number of para-hydroxylation sites is 1. The Labute approximate surface area is 151 Å². The lowest BCUT2D eigenvalue weighted by molar-refractivity contribution is -0.118. The van der Waals surface area contributed by atoms with E-state index >= 15 is 0 Å². The van der Waals surface area contributed by atoms with Gasteiger partial charge in [-0.1, -0.05) is 35.9 Å². The van der Waals surface area contributed by atoms with Crippen molar-refractivity contribution < 1.29 is 9.53 Å². The fourth-order valence-electron chi connectivity index (χ4n) is 2.40. The number of carbonyl (C=O) groups is 1. The summed E-state index contributed by atoms with van der Waals surface area (Å²) in [5.74, 6) is 0.798. The lowest BCUT2D eigenvalue weighted by Crippen LogP contribution is -2.22. The molecule has 25 heavy (non-hydrogen) atoms. The van der Waals surface area contributed by atoms with Gasteiger partial charge < -0.3 is 10.1 Å². The van der Waals surface area contributed by atoms with Gasteiger partial charge in [-0.15, -0.1) is 0 Å². The van der Waals surface area contributed by atoms with Crippen molar-refractivity contribution in [1.29, 1.82) is 0 Å². The van der Waals surface area contributed by atoms with Crippen molar-refractivity contribution in [3.8, 4) is 11.4 Å². The number of aromatic nitrogens is 2. The molecule has 1 amide bonds. The Hall–Kier alpha value is -2.79. The van der Waals surface area contributed by atoms with Gasteiger partial charge in [0, 0.05) is 6.07 Å². The van der Waals surface area contributed by atoms with Gasteiger partial charge >= 0.3 is 0 Å². The van der Waals surface area contributed by atoms with Crippen molar-refractivity contribution in [1.82, 2.24) is 9.78 Å². The maximum absolute atomic E-state index is 12.3. The summed E-state index contributed by atoms with van der Waals surface area (Å²) in [6.45, 7) is 3.67. The van der Waals surface area contributed by atoms with Gasteiger partial charge in [0.15, 0.2) is 6.61 Å². The van der Waals surface area contributed by atoms with Crippen molar-refractivity contribution in [3.05, 3.63) is 70.9 Å². The summed E-state index contributed by atoms with van der Waals surface area (Å²) >= 11 is 6.08. The van der Waals surface area contributed by atoms with Gasteiger partial charge in [0.05, 0.1) is 16.4 Å². The number of aryl methyl sites for hydroxylation is 2. The number of rotatable bonds is 5. The van der Waals surface area contributed by atoms with E-state index in [1.165, 1.54) is 0 Å². The highest BCUT2D eigenvalue weighted by Crippen LogP contribution is 2.25. The molecule has 3 rings (SSSR count). The monoisotopic (exact) mass is 355 g/mol. The van der Waals surface area contributed by atoms with Crippen LogP contribution in [0.1, 0.15) is 11.3 Å². The topological polar surface area (TPSA) is 56.1 Å². The van der Waals surface area contributed by atoms with Crippen molar-refractivity contribution in [2.24, 2.45) is 0 Å². The molecule has 1 aromatic heterocycles. The van der Waals surface area contributed by atoms with E-state index in [-0.39, 0.29) is 12.5 Å². The van der Waals surface area contributed by atoms with E-state index < -0.39 is 0 Å². The number of carbonyl (C=O) groups excluding carboxylic acids is 1. The molecule has 0 aliphatic heterocycles. The van der Waals surface area contributed by atoms with Crippen LogP contribution in [0.2, 0.25) is 5.02 Å². The second kappa shape index (κ2) is 7.40. The highest BCUT2D eigenvalue weighted by atomic mass is 35.5. The molecule has 2 aromatic carbocycles. The smallest absolute Gasteiger partial charge is 0.263 e. The van der Waals surface area contributed by atoms with E-state index in [1.54, 1.807) is 16.8 Å². The summed E-state index contributed by atoms with van der Waals surface area (Å²) in [7, 11) is 0. The molecular weight excluding hydrogens is 338 g/mol. The molecule has 0 fully saturated rings. The van der Waals surface area contributed by atoms with Gasteiger partial charge in [-0.25, -0.2) is 4.68 Å². The summed E-state index contributed by atoms with van der Waals surface area (Å²) in [4.78, 5) is 12.3. The van der Waals surface area contributed by atoms with Crippen LogP contribution >= 0.6 is 11.6 Å². The van der Waals surface area contributed by atoms with E-state index in [0.717, 1.165) is 16.9 Å². The highest BCUT2D eigenvalue weighted by molar-refractivity contribution is 6.32. The molecule has 3 aromatic rings. The van der Waals surface area contributed by atoms with E-state index in [9.17, 15) is 4.79 Å². The van der Waals surface area contributed by atoms with Crippen molar-refractivity contribution in [2.45, 2.75) is 13.8 Å². The fourth-order valence-corrected chi connectivity index (χ4v) is 2.57. The second-order valence-corrected chi connectivity index (χ2v) is 6.10.